The van der Waals surface area contributed by atoms with Gasteiger partial charge in [0, 0.05) is 0 Å². The minimum atomic E-state index is -0.671. The highest BCUT2D eigenvalue weighted by atomic mass is 16.4. The maximum atomic E-state index is 10.6. The number of hydrogen-bond donors (Lipinski definition) is 1. The van der Waals surface area contributed by atoms with E-state index in [1.54, 1.807) is 0 Å². The first kappa shape index (κ1) is 9.00. The number of carbonyl (C=O) groups is 1. The van der Waals surface area contributed by atoms with Gasteiger partial charge in [0.2, 0.25) is 0 Å². The van der Waals surface area contributed by atoms with E-state index >= 15 is 0 Å². The van der Waals surface area contributed by atoms with E-state index < -0.39 is 5.97 Å². The van der Waals surface area contributed by atoms with Crippen molar-refractivity contribution in [3.8, 4) is 0 Å². The first-order valence-electron chi connectivity index (χ1n) is 4.73. The number of aliphatic carboxylic acids is 1. The number of hydrogen-bond acceptors (Lipinski definition) is 1. The Morgan fingerprint density at radius 2 is 1.93 bits per heavy atom. The van der Waals surface area contributed by atoms with Gasteiger partial charge in [0.15, 0.2) is 0 Å². The number of carboxylic acids is 1. The molecular formula is C12H12O2. The van der Waals surface area contributed by atoms with Gasteiger partial charge in [-0.15, -0.1) is 0 Å². The van der Waals surface area contributed by atoms with E-state index in [-0.39, 0.29) is 5.92 Å². The maximum Gasteiger partial charge on any atom is 0.307 e. The van der Waals surface area contributed by atoms with Gasteiger partial charge < -0.3 is 5.11 Å². The van der Waals surface area contributed by atoms with Crippen LogP contribution in [-0.2, 0) is 4.79 Å². The van der Waals surface area contributed by atoms with Crippen LogP contribution >= 0.6 is 0 Å². The van der Waals surface area contributed by atoms with Crippen molar-refractivity contribution in [1.29, 1.82) is 0 Å². The van der Waals surface area contributed by atoms with Gasteiger partial charge in [-0.3, -0.25) is 4.79 Å². The summed E-state index contributed by atoms with van der Waals surface area (Å²) in [5.41, 5.74) is 2.40. The molecule has 0 amide bonds. The van der Waals surface area contributed by atoms with Crippen LogP contribution in [0.5, 0.6) is 0 Å². The van der Waals surface area contributed by atoms with Gasteiger partial charge >= 0.3 is 5.97 Å². The second-order valence-electron chi connectivity index (χ2n) is 3.66. The molecule has 2 heteroatoms. The van der Waals surface area contributed by atoms with E-state index in [1.807, 2.05) is 30.3 Å². The van der Waals surface area contributed by atoms with Crippen molar-refractivity contribution in [2.75, 3.05) is 0 Å². The van der Waals surface area contributed by atoms with E-state index in [2.05, 4.69) is 6.08 Å². The molecule has 0 unspecified atom stereocenters. The SMILES string of the molecule is O=C(O)C1CC(=Cc2ccccc2)C1. The van der Waals surface area contributed by atoms with Crippen molar-refractivity contribution < 1.29 is 9.90 Å². The van der Waals surface area contributed by atoms with Crippen LogP contribution in [0.1, 0.15) is 18.4 Å². The van der Waals surface area contributed by atoms with Crippen LogP contribution in [0, 0.1) is 5.92 Å². The zero-order valence-electron chi connectivity index (χ0n) is 7.81. The first-order chi connectivity index (χ1) is 6.75. The van der Waals surface area contributed by atoms with Gasteiger partial charge in [0.25, 0.3) is 0 Å². The molecule has 0 aromatic heterocycles. The maximum absolute atomic E-state index is 10.6. The number of carboxylic acid groups (broad SMARTS) is 1. The lowest BCUT2D eigenvalue weighted by atomic mass is 9.79. The molecule has 0 aliphatic heterocycles. The number of rotatable bonds is 2. The molecule has 1 aliphatic rings. The Hall–Kier alpha value is -1.57. The highest BCUT2D eigenvalue weighted by Crippen LogP contribution is 2.34. The van der Waals surface area contributed by atoms with E-state index in [1.165, 1.54) is 5.57 Å². The fraction of sp³-hybridized carbons (Fsp3) is 0.250. The molecule has 72 valence electrons. The highest BCUT2D eigenvalue weighted by molar-refractivity contribution is 5.74. The third-order valence-electron chi connectivity index (χ3n) is 2.54. The predicted octanol–water partition coefficient (Wildman–Crippen LogP) is 2.56. The lowest BCUT2D eigenvalue weighted by Gasteiger charge is -2.25. The third kappa shape index (κ3) is 1.84. The zero-order chi connectivity index (χ0) is 9.97. The second kappa shape index (κ2) is 3.66. The Kier molecular flexibility index (Phi) is 2.35. The van der Waals surface area contributed by atoms with Gasteiger partial charge in [-0.1, -0.05) is 42.0 Å². The van der Waals surface area contributed by atoms with Crippen LogP contribution in [0.3, 0.4) is 0 Å². The summed E-state index contributed by atoms with van der Waals surface area (Å²) >= 11 is 0. The zero-order valence-corrected chi connectivity index (χ0v) is 7.81. The van der Waals surface area contributed by atoms with E-state index in [0.717, 1.165) is 5.56 Å². The lowest BCUT2D eigenvalue weighted by molar-refractivity contribution is -0.143. The van der Waals surface area contributed by atoms with Crippen molar-refractivity contribution in [1.82, 2.24) is 0 Å². The largest absolute Gasteiger partial charge is 0.481 e. The molecule has 0 atom stereocenters. The average Bonchev–Trinajstić information content (AvgIpc) is 2.12. The lowest BCUT2D eigenvalue weighted by Crippen LogP contribution is -2.23. The van der Waals surface area contributed by atoms with Gasteiger partial charge in [-0.05, 0) is 18.4 Å². The van der Waals surface area contributed by atoms with Crippen LogP contribution in [0.2, 0.25) is 0 Å². The van der Waals surface area contributed by atoms with Crippen molar-refractivity contribution in [2.24, 2.45) is 5.92 Å². The van der Waals surface area contributed by atoms with Gasteiger partial charge in [-0.25, -0.2) is 0 Å². The predicted molar refractivity (Wildman–Crippen MR) is 54.8 cm³/mol. The molecule has 0 bridgehead atoms. The molecule has 1 aromatic rings. The Balaban J connectivity index is 2.00. The molecule has 14 heavy (non-hydrogen) atoms. The normalized spacial score (nSPS) is 20.0. The van der Waals surface area contributed by atoms with Crippen molar-refractivity contribution >= 4 is 12.0 Å². The molecule has 1 aromatic carbocycles. The van der Waals surface area contributed by atoms with Crippen LogP contribution in [0.25, 0.3) is 6.08 Å². The van der Waals surface area contributed by atoms with Crippen molar-refractivity contribution in [3.63, 3.8) is 0 Å². The molecule has 0 heterocycles. The van der Waals surface area contributed by atoms with E-state index in [0.29, 0.717) is 12.8 Å². The van der Waals surface area contributed by atoms with Gasteiger partial charge in [0.05, 0.1) is 5.92 Å². The Bertz CT molecular complexity index is 357. The van der Waals surface area contributed by atoms with Crippen LogP contribution in [-0.4, -0.2) is 11.1 Å². The quantitative estimate of drug-likeness (QED) is 0.774. The van der Waals surface area contributed by atoms with E-state index in [4.69, 9.17) is 5.11 Å². The Morgan fingerprint density at radius 3 is 2.50 bits per heavy atom. The molecule has 1 N–H and O–H groups in total. The first-order valence-corrected chi connectivity index (χ1v) is 4.73. The third-order valence-corrected chi connectivity index (χ3v) is 2.54. The fourth-order valence-corrected chi connectivity index (χ4v) is 1.65. The van der Waals surface area contributed by atoms with Gasteiger partial charge in [-0.2, -0.15) is 0 Å². The summed E-state index contributed by atoms with van der Waals surface area (Å²) in [7, 11) is 0. The molecule has 0 spiro atoms. The van der Waals surface area contributed by atoms with Crippen LogP contribution in [0.4, 0.5) is 0 Å². The minimum absolute atomic E-state index is 0.148. The highest BCUT2D eigenvalue weighted by Gasteiger charge is 2.28. The summed E-state index contributed by atoms with van der Waals surface area (Å²) in [6.07, 6.45) is 3.51. The molecular weight excluding hydrogens is 176 g/mol. The summed E-state index contributed by atoms with van der Waals surface area (Å²) in [5, 5.41) is 8.69. The molecule has 1 aliphatic carbocycles. The standard InChI is InChI=1S/C12H12O2/c13-12(14)11-7-10(8-11)6-9-4-2-1-3-5-9/h1-6,11H,7-8H2,(H,13,14). The summed E-state index contributed by atoms with van der Waals surface area (Å²) in [4.78, 5) is 10.6. The number of allylic oxidation sites excluding steroid dienone is 1. The van der Waals surface area contributed by atoms with Gasteiger partial charge in [0.1, 0.15) is 0 Å². The van der Waals surface area contributed by atoms with Crippen LogP contribution in [0.15, 0.2) is 35.9 Å². The van der Waals surface area contributed by atoms with Crippen molar-refractivity contribution in [2.45, 2.75) is 12.8 Å². The summed E-state index contributed by atoms with van der Waals surface area (Å²) in [5.74, 6) is -0.819. The molecule has 1 saturated carbocycles. The fourth-order valence-electron chi connectivity index (χ4n) is 1.65. The summed E-state index contributed by atoms with van der Waals surface area (Å²) in [6, 6.07) is 10.0. The monoisotopic (exact) mass is 188 g/mol. The van der Waals surface area contributed by atoms with E-state index in [9.17, 15) is 4.79 Å². The average molecular weight is 188 g/mol. The molecule has 0 radical (unpaired) electrons. The molecule has 1 fully saturated rings. The minimum Gasteiger partial charge on any atom is -0.481 e. The Labute approximate surface area is 82.9 Å². The molecule has 0 saturated heterocycles. The molecule has 2 nitrogen and oxygen atoms in total. The topological polar surface area (TPSA) is 37.3 Å². The van der Waals surface area contributed by atoms with Crippen molar-refractivity contribution in [3.05, 3.63) is 41.5 Å². The van der Waals surface area contributed by atoms with Crippen LogP contribution < -0.4 is 0 Å². The second-order valence-corrected chi connectivity index (χ2v) is 3.66. The Morgan fingerprint density at radius 1 is 1.29 bits per heavy atom. The summed E-state index contributed by atoms with van der Waals surface area (Å²) in [6.45, 7) is 0. The summed E-state index contributed by atoms with van der Waals surface area (Å²) < 4.78 is 0. The number of benzene rings is 1. The smallest absolute Gasteiger partial charge is 0.307 e. The molecule has 2 rings (SSSR count).